The first-order valence-corrected chi connectivity index (χ1v) is 8.15. The lowest BCUT2D eigenvalue weighted by atomic mass is 10.0. The molecule has 4 heteroatoms. The normalized spacial score (nSPS) is 9.96. The van der Waals surface area contributed by atoms with Crippen LogP contribution in [0.1, 0.15) is 28.1 Å². The molecule has 0 bridgehead atoms. The molecule has 2 aromatic carbocycles. The van der Waals surface area contributed by atoms with E-state index < -0.39 is 0 Å². The summed E-state index contributed by atoms with van der Waals surface area (Å²) in [5, 5.41) is 18.6. The average molecular weight is 336 g/mol. The maximum Gasteiger partial charge on any atom is 0.187 e. The summed E-state index contributed by atoms with van der Waals surface area (Å²) in [6.45, 7) is 11.7. The molecular formula is C22H16N4. The lowest BCUT2D eigenvalue weighted by Gasteiger charge is -2.10. The Morgan fingerprint density at radius 2 is 1.58 bits per heavy atom. The molecule has 0 fully saturated rings. The Hall–Kier alpha value is -3.81. The van der Waals surface area contributed by atoms with E-state index in [4.69, 9.17) is 11.8 Å². The van der Waals surface area contributed by atoms with Crippen LogP contribution in [0.4, 0.5) is 5.69 Å². The van der Waals surface area contributed by atoms with E-state index in [2.05, 4.69) is 21.6 Å². The molecule has 124 valence electrons. The van der Waals surface area contributed by atoms with E-state index in [-0.39, 0.29) is 0 Å². The molecule has 0 aliphatic heterocycles. The zero-order chi connectivity index (χ0) is 18.7. The van der Waals surface area contributed by atoms with Gasteiger partial charge in [-0.1, -0.05) is 36.4 Å². The molecule has 0 aliphatic rings. The maximum absolute atomic E-state index is 9.69. The summed E-state index contributed by atoms with van der Waals surface area (Å²) in [4.78, 5) is 3.42. The monoisotopic (exact) mass is 336 g/mol. The lowest BCUT2D eigenvalue weighted by molar-refractivity contribution is 0.749. The van der Waals surface area contributed by atoms with Gasteiger partial charge in [-0.3, -0.25) is 0 Å². The fourth-order valence-corrected chi connectivity index (χ4v) is 3.18. The Morgan fingerprint density at radius 1 is 0.923 bits per heavy atom. The Morgan fingerprint density at radius 3 is 2.12 bits per heavy atom. The predicted octanol–water partition coefficient (Wildman–Crippen LogP) is 5.11. The zero-order valence-corrected chi connectivity index (χ0v) is 14.6. The second kappa shape index (κ2) is 6.98. The van der Waals surface area contributed by atoms with Crippen molar-refractivity contribution >= 4 is 5.69 Å². The van der Waals surface area contributed by atoms with Crippen LogP contribution in [0.2, 0.25) is 0 Å². The summed E-state index contributed by atoms with van der Waals surface area (Å²) in [6, 6.07) is 19.3. The first-order valence-electron chi connectivity index (χ1n) is 8.15. The fraction of sp³-hybridized carbons (Fsp3) is 0.136. The molecule has 0 unspecified atom stereocenters. The molecule has 3 rings (SSSR count). The summed E-state index contributed by atoms with van der Waals surface area (Å²) >= 11 is 0. The van der Waals surface area contributed by atoms with Gasteiger partial charge in [0.25, 0.3) is 0 Å². The van der Waals surface area contributed by atoms with Crippen LogP contribution in [0, 0.1) is 43.1 Å². The Balaban J connectivity index is 2.07. The van der Waals surface area contributed by atoms with Crippen molar-refractivity contribution in [3.05, 3.63) is 88.0 Å². The van der Waals surface area contributed by atoms with Gasteiger partial charge in [0.05, 0.1) is 23.8 Å². The number of aromatic nitrogens is 1. The van der Waals surface area contributed by atoms with Gasteiger partial charge in [-0.25, -0.2) is 4.85 Å². The van der Waals surface area contributed by atoms with Crippen molar-refractivity contribution in [3.8, 4) is 23.3 Å². The molecule has 0 aliphatic carbocycles. The molecular weight excluding hydrogens is 320 g/mol. The van der Waals surface area contributed by atoms with Crippen molar-refractivity contribution in [1.29, 1.82) is 10.5 Å². The van der Waals surface area contributed by atoms with Crippen molar-refractivity contribution < 1.29 is 0 Å². The molecule has 3 aromatic rings. The van der Waals surface area contributed by atoms with Gasteiger partial charge in [0.1, 0.15) is 6.07 Å². The standard InChI is InChI=1S/C22H16N4/c1-15-21(13-24)22(19-8-10-20(25-3)11-9-19)16(2)26(15)14-18-6-4-17(12-23)5-7-18/h4-11H,14H2,1-2H3. The number of benzene rings is 2. The van der Waals surface area contributed by atoms with Crippen LogP contribution < -0.4 is 0 Å². The van der Waals surface area contributed by atoms with Crippen molar-refractivity contribution in [2.24, 2.45) is 0 Å². The molecule has 0 amide bonds. The highest BCUT2D eigenvalue weighted by Crippen LogP contribution is 2.33. The van der Waals surface area contributed by atoms with Crippen LogP contribution in [0.15, 0.2) is 48.5 Å². The van der Waals surface area contributed by atoms with E-state index >= 15 is 0 Å². The van der Waals surface area contributed by atoms with E-state index in [1.165, 1.54) is 0 Å². The second-order valence-corrected chi connectivity index (χ2v) is 6.09. The van der Waals surface area contributed by atoms with Crippen molar-refractivity contribution in [1.82, 2.24) is 4.57 Å². The molecule has 0 saturated carbocycles. The third-order valence-electron chi connectivity index (χ3n) is 4.60. The van der Waals surface area contributed by atoms with Crippen LogP contribution in [0.3, 0.4) is 0 Å². The van der Waals surface area contributed by atoms with Gasteiger partial charge in [0.2, 0.25) is 0 Å². The minimum Gasteiger partial charge on any atom is -0.343 e. The summed E-state index contributed by atoms with van der Waals surface area (Å²) in [5.41, 5.74) is 6.73. The maximum atomic E-state index is 9.69. The first-order chi connectivity index (χ1) is 12.6. The molecule has 0 spiro atoms. The van der Waals surface area contributed by atoms with Crippen LogP contribution in [0.25, 0.3) is 16.0 Å². The van der Waals surface area contributed by atoms with Crippen molar-refractivity contribution in [2.45, 2.75) is 20.4 Å². The number of nitriles is 2. The summed E-state index contributed by atoms with van der Waals surface area (Å²) < 4.78 is 2.12. The zero-order valence-electron chi connectivity index (χ0n) is 14.6. The van der Waals surface area contributed by atoms with E-state index in [0.29, 0.717) is 23.4 Å². The third-order valence-corrected chi connectivity index (χ3v) is 4.60. The van der Waals surface area contributed by atoms with Gasteiger partial charge in [-0.2, -0.15) is 10.5 Å². The quantitative estimate of drug-likeness (QED) is 0.624. The molecule has 0 atom stereocenters. The highest BCUT2D eigenvalue weighted by Gasteiger charge is 2.19. The smallest absolute Gasteiger partial charge is 0.187 e. The molecule has 0 saturated heterocycles. The van der Waals surface area contributed by atoms with Crippen molar-refractivity contribution in [3.63, 3.8) is 0 Å². The summed E-state index contributed by atoms with van der Waals surface area (Å²) in [7, 11) is 0. The topological polar surface area (TPSA) is 56.9 Å². The van der Waals surface area contributed by atoms with Gasteiger partial charge in [0.15, 0.2) is 5.69 Å². The van der Waals surface area contributed by atoms with Gasteiger partial charge >= 0.3 is 0 Å². The van der Waals surface area contributed by atoms with Gasteiger partial charge in [-0.15, -0.1) is 0 Å². The SMILES string of the molecule is [C-]#[N+]c1ccc(-c2c(C#N)c(C)n(Cc3ccc(C#N)cc3)c2C)cc1. The van der Waals surface area contributed by atoms with Gasteiger partial charge in [0, 0.05) is 23.5 Å². The minimum atomic E-state index is 0.582. The van der Waals surface area contributed by atoms with Crippen LogP contribution >= 0.6 is 0 Å². The van der Waals surface area contributed by atoms with E-state index in [1.807, 2.05) is 38.1 Å². The Labute approximate surface area is 153 Å². The highest BCUT2D eigenvalue weighted by molar-refractivity contribution is 5.76. The molecule has 1 aromatic heterocycles. The largest absolute Gasteiger partial charge is 0.343 e. The first kappa shape index (κ1) is 17.0. The fourth-order valence-electron chi connectivity index (χ4n) is 3.18. The Bertz CT molecular complexity index is 1080. The van der Waals surface area contributed by atoms with Crippen molar-refractivity contribution in [2.75, 3.05) is 0 Å². The highest BCUT2D eigenvalue weighted by atomic mass is 15.0. The summed E-state index contributed by atoms with van der Waals surface area (Å²) in [5.74, 6) is 0. The average Bonchev–Trinajstić information content (AvgIpc) is 2.92. The molecule has 4 nitrogen and oxygen atoms in total. The number of rotatable bonds is 3. The van der Waals surface area contributed by atoms with E-state index in [9.17, 15) is 5.26 Å². The molecule has 0 N–H and O–H groups in total. The number of hydrogen-bond acceptors (Lipinski definition) is 2. The Kier molecular flexibility index (Phi) is 4.57. The molecule has 26 heavy (non-hydrogen) atoms. The summed E-state index contributed by atoms with van der Waals surface area (Å²) in [6.07, 6.45) is 0. The minimum absolute atomic E-state index is 0.582. The van der Waals surface area contributed by atoms with Crippen LogP contribution in [-0.2, 0) is 6.54 Å². The molecule has 1 heterocycles. The van der Waals surface area contributed by atoms with Crippen LogP contribution in [0.5, 0.6) is 0 Å². The lowest BCUT2D eigenvalue weighted by Crippen LogP contribution is -2.04. The van der Waals surface area contributed by atoms with Gasteiger partial charge in [-0.05, 0) is 37.1 Å². The number of nitrogens with zero attached hydrogens (tertiary/aromatic N) is 4. The molecule has 0 radical (unpaired) electrons. The second-order valence-electron chi connectivity index (χ2n) is 6.09. The number of hydrogen-bond donors (Lipinski definition) is 0. The van der Waals surface area contributed by atoms with Gasteiger partial charge < -0.3 is 4.57 Å². The predicted molar refractivity (Wildman–Crippen MR) is 101 cm³/mol. The van der Waals surface area contributed by atoms with E-state index in [0.717, 1.165) is 28.1 Å². The third kappa shape index (κ3) is 2.95. The van der Waals surface area contributed by atoms with E-state index in [1.54, 1.807) is 24.3 Å². The van der Waals surface area contributed by atoms with Crippen LogP contribution in [-0.4, -0.2) is 4.57 Å².